The normalized spacial score (nSPS) is 10.2. The molecular weight excluding hydrogens is 210 g/mol. The van der Waals surface area contributed by atoms with Crippen LogP contribution in [0.5, 0.6) is 0 Å². The first-order valence-corrected chi connectivity index (χ1v) is 5.61. The Morgan fingerprint density at radius 1 is 1.12 bits per heavy atom. The van der Waals surface area contributed by atoms with Crippen LogP contribution in [0.1, 0.15) is 22.5 Å². The van der Waals surface area contributed by atoms with Gasteiger partial charge >= 0.3 is 0 Å². The first-order chi connectivity index (χ1) is 8.10. The van der Waals surface area contributed by atoms with E-state index >= 15 is 0 Å². The summed E-state index contributed by atoms with van der Waals surface area (Å²) in [5.74, 6) is 0. The molecule has 0 N–H and O–H groups in total. The van der Waals surface area contributed by atoms with Gasteiger partial charge in [0.25, 0.3) is 0 Å². The molecule has 0 aliphatic heterocycles. The fraction of sp³-hybridized carbons (Fsp3) is 0.286. The molecule has 0 unspecified atom stereocenters. The van der Waals surface area contributed by atoms with Gasteiger partial charge < -0.3 is 0 Å². The van der Waals surface area contributed by atoms with Crippen molar-refractivity contribution >= 4 is 0 Å². The second kappa shape index (κ2) is 4.42. The Kier molecular flexibility index (Phi) is 2.97. The van der Waals surface area contributed by atoms with E-state index in [2.05, 4.69) is 43.2 Å². The molecular formula is C14H15N3. The lowest BCUT2D eigenvalue weighted by Crippen LogP contribution is -2.00. The molecule has 0 atom stereocenters. The summed E-state index contributed by atoms with van der Waals surface area (Å²) in [7, 11) is 0. The minimum Gasteiger partial charge on any atom is -0.238 e. The quantitative estimate of drug-likeness (QED) is 0.788. The lowest BCUT2D eigenvalue weighted by Gasteiger charge is -2.06. The van der Waals surface area contributed by atoms with Crippen molar-refractivity contribution in [1.29, 1.82) is 5.26 Å². The molecule has 0 saturated heterocycles. The zero-order chi connectivity index (χ0) is 12.4. The molecule has 0 aliphatic carbocycles. The van der Waals surface area contributed by atoms with E-state index in [4.69, 9.17) is 5.26 Å². The second-order valence-corrected chi connectivity index (χ2v) is 4.37. The smallest absolute Gasteiger partial charge is 0.0793 e. The fourth-order valence-electron chi connectivity index (χ4n) is 2.04. The summed E-state index contributed by atoms with van der Waals surface area (Å²) in [5.41, 5.74) is 5.38. The zero-order valence-electron chi connectivity index (χ0n) is 10.4. The molecule has 1 heterocycles. The highest BCUT2D eigenvalue weighted by Crippen LogP contribution is 2.16. The van der Waals surface area contributed by atoms with Gasteiger partial charge in [-0.15, -0.1) is 0 Å². The summed E-state index contributed by atoms with van der Waals surface area (Å²) in [4.78, 5) is 0. The van der Waals surface area contributed by atoms with Crippen molar-refractivity contribution in [3.05, 3.63) is 46.8 Å². The molecule has 1 aromatic heterocycles. The molecule has 1 aromatic carbocycles. The summed E-state index contributed by atoms with van der Waals surface area (Å²) in [6, 6.07) is 10.4. The van der Waals surface area contributed by atoms with E-state index in [9.17, 15) is 0 Å². The van der Waals surface area contributed by atoms with Crippen molar-refractivity contribution in [3.63, 3.8) is 0 Å². The number of hydrogen-bond donors (Lipinski definition) is 0. The van der Waals surface area contributed by atoms with Gasteiger partial charge in [-0.05, 0) is 50.1 Å². The molecule has 0 radical (unpaired) electrons. The summed E-state index contributed by atoms with van der Waals surface area (Å²) < 4.78 is 1.90. The van der Waals surface area contributed by atoms with Crippen LogP contribution < -0.4 is 0 Å². The number of aromatic nitrogens is 2. The minimum absolute atomic E-state index is 0.360. The van der Waals surface area contributed by atoms with Crippen molar-refractivity contribution in [1.82, 2.24) is 9.78 Å². The molecule has 0 aliphatic rings. The number of nitriles is 1. The predicted molar refractivity (Wildman–Crippen MR) is 67.1 cm³/mol. The maximum absolute atomic E-state index is 8.68. The molecule has 2 rings (SSSR count). The second-order valence-electron chi connectivity index (χ2n) is 4.37. The summed E-state index contributed by atoms with van der Waals surface area (Å²) in [6.45, 7) is 6.16. The molecule has 3 heteroatoms. The number of benzene rings is 1. The van der Waals surface area contributed by atoms with E-state index in [-0.39, 0.29) is 0 Å². The van der Waals surface area contributed by atoms with Gasteiger partial charge in [0.15, 0.2) is 0 Å². The topological polar surface area (TPSA) is 41.6 Å². The maximum Gasteiger partial charge on any atom is 0.0793 e. The Morgan fingerprint density at radius 3 is 2.35 bits per heavy atom. The number of nitrogens with zero attached hydrogens (tertiary/aromatic N) is 3. The maximum atomic E-state index is 8.68. The Hall–Kier alpha value is -2.08. The van der Waals surface area contributed by atoms with Gasteiger partial charge in [0.2, 0.25) is 0 Å². The molecule has 0 amide bonds. The van der Waals surface area contributed by atoms with Crippen LogP contribution in [0.2, 0.25) is 0 Å². The molecule has 0 saturated carbocycles. The number of aryl methyl sites for hydroxylation is 3. The molecule has 2 aromatic rings. The van der Waals surface area contributed by atoms with Crippen LogP contribution in [0.3, 0.4) is 0 Å². The van der Waals surface area contributed by atoms with Gasteiger partial charge in [-0.3, -0.25) is 0 Å². The van der Waals surface area contributed by atoms with Crippen LogP contribution in [0.25, 0.3) is 5.69 Å². The third kappa shape index (κ3) is 2.36. The Morgan fingerprint density at radius 2 is 1.76 bits per heavy atom. The van der Waals surface area contributed by atoms with Crippen molar-refractivity contribution in [3.8, 4) is 11.8 Å². The average Bonchev–Trinajstić information content (AvgIpc) is 2.58. The lowest BCUT2D eigenvalue weighted by atomic mass is 10.1. The highest BCUT2D eigenvalue weighted by molar-refractivity contribution is 5.40. The summed E-state index contributed by atoms with van der Waals surface area (Å²) >= 11 is 0. The van der Waals surface area contributed by atoms with Gasteiger partial charge in [-0.1, -0.05) is 6.07 Å². The van der Waals surface area contributed by atoms with Crippen LogP contribution in [0.4, 0.5) is 0 Å². The van der Waals surface area contributed by atoms with Crippen molar-refractivity contribution in [2.75, 3.05) is 0 Å². The van der Waals surface area contributed by atoms with Gasteiger partial charge in [0.1, 0.15) is 0 Å². The molecule has 0 spiro atoms. The average molecular weight is 225 g/mol. The minimum atomic E-state index is 0.360. The van der Waals surface area contributed by atoms with Crippen molar-refractivity contribution < 1.29 is 0 Å². The highest BCUT2D eigenvalue weighted by atomic mass is 15.3. The Bertz CT molecular complexity index is 568. The largest absolute Gasteiger partial charge is 0.238 e. The molecule has 17 heavy (non-hydrogen) atoms. The van der Waals surface area contributed by atoms with E-state index < -0.39 is 0 Å². The zero-order valence-corrected chi connectivity index (χ0v) is 10.4. The molecule has 3 nitrogen and oxygen atoms in total. The van der Waals surface area contributed by atoms with Crippen molar-refractivity contribution in [2.45, 2.75) is 27.2 Å². The third-order valence-electron chi connectivity index (χ3n) is 2.65. The van der Waals surface area contributed by atoms with Gasteiger partial charge in [-0.25, -0.2) is 4.68 Å². The molecule has 0 fully saturated rings. The first-order valence-electron chi connectivity index (χ1n) is 5.61. The molecule has 86 valence electrons. The number of rotatable bonds is 2. The summed E-state index contributed by atoms with van der Waals surface area (Å²) in [5, 5.41) is 13.1. The van der Waals surface area contributed by atoms with Crippen LogP contribution >= 0.6 is 0 Å². The van der Waals surface area contributed by atoms with Gasteiger partial charge in [-0.2, -0.15) is 10.4 Å². The van der Waals surface area contributed by atoms with Crippen LogP contribution in [-0.2, 0) is 6.42 Å². The van der Waals surface area contributed by atoms with Gasteiger partial charge in [0, 0.05) is 5.69 Å². The number of hydrogen-bond acceptors (Lipinski definition) is 2. The van der Waals surface area contributed by atoms with Crippen LogP contribution in [-0.4, -0.2) is 9.78 Å². The SMILES string of the molecule is Cc1cc(C)cc(-n2nc(CC#N)cc2C)c1. The summed E-state index contributed by atoms with van der Waals surface area (Å²) in [6.07, 6.45) is 0.360. The fourth-order valence-corrected chi connectivity index (χ4v) is 2.04. The van der Waals surface area contributed by atoms with Crippen LogP contribution in [0, 0.1) is 32.1 Å². The lowest BCUT2D eigenvalue weighted by molar-refractivity contribution is 0.824. The highest BCUT2D eigenvalue weighted by Gasteiger charge is 2.06. The van der Waals surface area contributed by atoms with E-state index in [1.165, 1.54) is 11.1 Å². The van der Waals surface area contributed by atoms with Crippen LogP contribution in [0.15, 0.2) is 24.3 Å². The monoisotopic (exact) mass is 225 g/mol. The third-order valence-corrected chi connectivity index (χ3v) is 2.65. The Balaban J connectivity index is 2.49. The first kappa shape index (κ1) is 11.4. The standard InChI is InChI=1S/C14H15N3/c1-10-6-11(2)8-14(7-10)17-12(3)9-13(16-17)4-5-15/h6-9H,4H2,1-3H3. The Labute approximate surface area is 101 Å². The predicted octanol–water partition coefficient (Wildman–Crippen LogP) is 2.86. The molecule has 0 bridgehead atoms. The van der Waals surface area contributed by atoms with Crippen molar-refractivity contribution in [2.24, 2.45) is 0 Å². The van der Waals surface area contributed by atoms with E-state index in [1.54, 1.807) is 0 Å². The van der Waals surface area contributed by atoms with Gasteiger partial charge in [0.05, 0.1) is 23.9 Å². The van der Waals surface area contributed by atoms with E-state index in [0.29, 0.717) is 6.42 Å². The van der Waals surface area contributed by atoms with E-state index in [0.717, 1.165) is 17.1 Å². The van der Waals surface area contributed by atoms with E-state index in [1.807, 2.05) is 17.7 Å².